The molecule has 2 rings (SSSR count). The van der Waals surface area contributed by atoms with Crippen LogP contribution in [0.3, 0.4) is 0 Å². The summed E-state index contributed by atoms with van der Waals surface area (Å²) >= 11 is 0. The Labute approximate surface area is 161 Å². The van der Waals surface area contributed by atoms with Crippen molar-refractivity contribution < 1.29 is 0 Å². The van der Waals surface area contributed by atoms with E-state index < -0.39 is 0 Å². The van der Waals surface area contributed by atoms with Crippen LogP contribution in [0.4, 0.5) is 0 Å². The zero-order valence-corrected chi connectivity index (χ0v) is 16.9. The van der Waals surface area contributed by atoms with Crippen molar-refractivity contribution in [2.45, 2.75) is 84.5 Å². The van der Waals surface area contributed by atoms with Crippen molar-refractivity contribution in [1.82, 2.24) is 0 Å². The van der Waals surface area contributed by atoms with E-state index in [4.69, 9.17) is 0 Å². The molecule has 0 saturated heterocycles. The molecule has 0 saturated carbocycles. The molecule has 0 bridgehead atoms. The van der Waals surface area contributed by atoms with Gasteiger partial charge in [0.15, 0.2) is 12.4 Å². The largest absolute Gasteiger partial charge is 0.244 e. The van der Waals surface area contributed by atoms with Crippen molar-refractivity contribution in [3.05, 3.63) is 42.1 Å². The zero-order chi connectivity index (χ0) is 18.5. The van der Waals surface area contributed by atoms with Crippen molar-refractivity contribution in [2.24, 2.45) is 21.8 Å². The van der Waals surface area contributed by atoms with Crippen LogP contribution in [0.15, 0.2) is 40.3 Å². The monoisotopic (exact) mass is 353 g/mol. The van der Waals surface area contributed by atoms with Crippen LogP contribution < -0.4 is 0 Å². The molecule has 1 heterocycles. The summed E-state index contributed by atoms with van der Waals surface area (Å²) in [6.07, 6.45) is 19.1. The van der Waals surface area contributed by atoms with Crippen LogP contribution >= 0.6 is 0 Å². The van der Waals surface area contributed by atoms with Crippen LogP contribution in [-0.2, 0) is 6.42 Å². The van der Waals surface area contributed by atoms with Gasteiger partial charge in [0, 0.05) is 0 Å². The fourth-order valence-corrected chi connectivity index (χ4v) is 4.01. The number of benzene rings is 1. The SMILES string of the molecule is CCCCCCCC(Cc1ccccc1)C(CCCCC)[C+]1N=CC=N1. The van der Waals surface area contributed by atoms with Gasteiger partial charge in [0.1, 0.15) is 0 Å². The molecule has 1 aromatic carbocycles. The lowest BCUT2D eigenvalue weighted by molar-refractivity contribution is 0.285. The van der Waals surface area contributed by atoms with E-state index >= 15 is 0 Å². The highest BCUT2D eigenvalue weighted by Crippen LogP contribution is 2.36. The Morgan fingerprint density at radius 2 is 1.38 bits per heavy atom. The summed E-state index contributed by atoms with van der Waals surface area (Å²) in [6.45, 7) is 4.57. The Kier molecular flexibility index (Phi) is 10.2. The van der Waals surface area contributed by atoms with Gasteiger partial charge in [-0.3, -0.25) is 0 Å². The third-order valence-corrected chi connectivity index (χ3v) is 5.52. The third kappa shape index (κ3) is 7.35. The predicted molar refractivity (Wildman–Crippen MR) is 115 cm³/mol. The highest BCUT2D eigenvalue weighted by Gasteiger charge is 2.35. The van der Waals surface area contributed by atoms with E-state index in [0.29, 0.717) is 11.8 Å². The van der Waals surface area contributed by atoms with E-state index in [1.165, 1.54) is 69.8 Å². The molecule has 1 aliphatic rings. The van der Waals surface area contributed by atoms with Crippen LogP contribution in [0, 0.1) is 18.0 Å². The first-order valence-corrected chi connectivity index (χ1v) is 10.8. The maximum Gasteiger partial charge on any atom is 0.244 e. The van der Waals surface area contributed by atoms with Gasteiger partial charge in [-0.15, -0.1) is 0 Å². The van der Waals surface area contributed by atoms with E-state index in [1.54, 1.807) is 0 Å². The molecule has 0 aliphatic carbocycles. The maximum atomic E-state index is 4.60. The highest BCUT2D eigenvalue weighted by molar-refractivity contribution is 6.18. The number of rotatable bonds is 14. The van der Waals surface area contributed by atoms with Crippen molar-refractivity contribution in [3.8, 4) is 0 Å². The van der Waals surface area contributed by atoms with Crippen LogP contribution in [0.25, 0.3) is 0 Å². The summed E-state index contributed by atoms with van der Waals surface area (Å²) in [6, 6.07) is 11.0. The van der Waals surface area contributed by atoms with Gasteiger partial charge in [-0.25, -0.2) is 0 Å². The Bertz CT molecular complexity index is 508. The highest BCUT2D eigenvalue weighted by atomic mass is 15.0. The smallest absolute Gasteiger partial charge is 0.0965 e. The fraction of sp³-hybridized carbons (Fsp3) is 0.625. The van der Waals surface area contributed by atoms with Gasteiger partial charge in [-0.05, 0) is 30.7 Å². The number of hydrogen-bond donors (Lipinski definition) is 0. The lowest BCUT2D eigenvalue weighted by Crippen LogP contribution is -2.22. The summed E-state index contributed by atoms with van der Waals surface area (Å²) in [7, 11) is 0. The number of hydrogen-bond acceptors (Lipinski definition) is 2. The van der Waals surface area contributed by atoms with E-state index in [0.717, 1.165) is 12.6 Å². The average molecular weight is 354 g/mol. The predicted octanol–water partition coefficient (Wildman–Crippen LogP) is 7.05. The van der Waals surface area contributed by atoms with Crippen LogP contribution in [0.5, 0.6) is 0 Å². The number of aliphatic imine (C=N–C) groups is 2. The molecule has 0 spiro atoms. The topological polar surface area (TPSA) is 24.7 Å². The van der Waals surface area contributed by atoms with Crippen molar-refractivity contribution in [3.63, 3.8) is 0 Å². The Balaban J connectivity index is 2.03. The molecule has 2 unspecified atom stereocenters. The zero-order valence-electron chi connectivity index (χ0n) is 16.9. The maximum absolute atomic E-state index is 4.60. The molecule has 2 nitrogen and oxygen atoms in total. The van der Waals surface area contributed by atoms with Crippen molar-refractivity contribution in [2.75, 3.05) is 0 Å². The molecule has 1 aliphatic heterocycles. The quantitative estimate of drug-likeness (QED) is 0.253. The molecular weight excluding hydrogens is 316 g/mol. The first kappa shape index (κ1) is 20.7. The molecule has 2 heteroatoms. The number of unbranched alkanes of at least 4 members (excludes halogenated alkanes) is 6. The Hall–Kier alpha value is -1.57. The standard InChI is InChI=1S/C24H37N2/c1-3-5-7-8-13-16-22(20-21-14-11-9-12-15-21)23(17-10-6-4-2)24-25-18-19-26-24/h9,11-12,14-15,18-19,22-23H,3-8,10,13,16-17,20H2,1-2H3/q+1. The first-order valence-electron chi connectivity index (χ1n) is 10.8. The fourth-order valence-electron chi connectivity index (χ4n) is 4.01. The van der Waals surface area contributed by atoms with Crippen LogP contribution in [-0.4, -0.2) is 12.4 Å². The molecule has 0 radical (unpaired) electrons. The molecule has 0 aromatic heterocycles. The minimum Gasteiger partial charge on any atom is -0.0965 e. The lowest BCUT2D eigenvalue weighted by atomic mass is 9.78. The minimum absolute atomic E-state index is 0.503. The Morgan fingerprint density at radius 1 is 0.769 bits per heavy atom. The summed E-state index contributed by atoms with van der Waals surface area (Å²) in [5.41, 5.74) is 1.46. The van der Waals surface area contributed by atoms with Gasteiger partial charge in [0.05, 0.1) is 5.92 Å². The van der Waals surface area contributed by atoms with Gasteiger partial charge >= 0.3 is 0 Å². The normalized spacial score (nSPS) is 15.5. The van der Waals surface area contributed by atoms with Gasteiger partial charge in [0.2, 0.25) is 6.17 Å². The van der Waals surface area contributed by atoms with Gasteiger partial charge in [0.25, 0.3) is 0 Å². The van der Waals surface area contributed by atoms with Crippen molar-refractivity contribution in [1.29, 1.82) is 0 Å². The molecular formula is C24H37N2+. The molecule has 0 amide bonds. The van der Waals surface area contributed by atoms with Crippen molar-refractivity contribution >= 4 is 12.4 Å². The lowest BCUT2D eigenvalue weighted by Gasteiger charge is -2.26. The minimum atomic E-state index is 0.503. The van der Waals surface area contributed by atoms with E-state index in [2.05, 4.69) is 54.2 Å². The molecule has 142 valence electrons. The second-order valence-electron chi connectivity index (χ2n) is 7.67. The van der Waals surface area contributed by atoms with Crippen LogP contribution in [0.1, 0.15) is 83.6 Å². The van der Waals surface area contributed by atoms with E-state index in [1.807, 2.05) is 12.4 Å². The van der Waals surface area contributed by atoms with Gasteiger partial charge in [-0.2, -0.15) is 0 Å². The van der Waals surface area contributed by atoms with E-state index in [9.17, 15) is 0 Å². The number of nitrogens with zero attached hydrogens (tertiary/aromatic N) is 2. The average Bonchev–Trinajstić information content (AvgIpc) is 3.20. The molecule has 2 atom stereocenters. The Morgan fingerprint density at radius 3 is 2.08 bits per heavy atom. The molecule has 0 N–H and O–H groups in total. The summed E-state index contributed by atoms with van der Waals surface area (Å²) in [5.74, 6) is 1.15. The summed E-state index contributed by atoms with van der Waals surface area (Å²) in [4.78, 5) is 9.21. The summed E-state index contributed by atoms with van der Waals surface area (Å²) < 4.78 is 0. The second-order valence-corrected chi connectivity index (χ2v) is 7.67. The van der Waals surface area contributed by atoms with Gasteiger partial charge < -0.3 is 0 Å². The first-order chi connectivity index (χ1) is 12.8. The van der Waals surface area contributed by atoms with Crippen LogP contribution in [0.2, 0.25) is 0 Å². The van der Waals surface area contributed by atoms with Gasteiger partial charge in [-0.1, -0.05) is 106 Å². The second kappa shape index (κ2) is 12.7. The molecule has 1 aromatic rings. The van der Waals surface area contributed by atoms with E-state index in [-0.39, 0.29) is 0 Å². The molecule has 0 fully saturated rings. The summed E-state index contributed by atoms with van der Waals surface area (Å²) in [5, 5.41) is 0. The third-order valence-electron chi connectivity index (χ3n) is 5.52. The molecule has 26 heavy (non-hydrogen) atoms.